The van der Waals surface area contributed by atoms with Crippen molar-refractivity contribution in [1.29, 1.82) is 0 Å². The Morgan fingerprint density at radius 2 is 1.92 bits per heavy atom. The lowest BCUT2D eigenvalue weighted by Crippen LogP contribution is -2.08. The zero-order valence-electron chi connectivity index (χ0n) is 14.4. The molecule has 0 unspecified atom stereocenters. The number of nitrogens with one attached hydrogen (secondary N) is 1. The molecule has 0 atom stereocenters. The zero-order valence-corrected chi connectivity index (χ0v) is 15.2. The van der Waals surface area contributed by atoms with Gasteiger partial charge in [0, 0.05) is 23.1 Å². The van der Waals surface area contributed by atoms with Crippen LogP contribution in [0.15, 0.2) is 23.4 Å². The number of rotatable bonds is 6. The van der Waals surface area contributed by atoms with E-state index < -0.39 is 0 Å². The van der Waals surface area contributed by atoms with E-state index in [4.69, 9.17) is 14.2 Å². The van der Waals surface area contributed by atoms with E-state index in [2.05, 4.69) is 20.5 Å². The number of fused-ring (bicyclic) bond motifs is 1. The average Bonchev–Trinajstić information content (AvgIpc) is 2.67. The first-order valence-corrected chi connectivity index (χ1v) is 8.92. The van der Waals surface area contributed by atoms with Gasteiger partial charge in [0.25, 0.3) is 0 Å². The van der Waals surface area contributed by atoms with E-state index in [-0.39, 0.29) is 0 Å². The fourth-order valence-corrected chi connectivity index (χ4v) is 3.47. The first kappa shape index (κ1) is 17.3. The van der Waals surface area contributed by atoms with Gasteiger partial charge in [-0.25, -0.2) is 15.4 Å². The lowest BCUT2D eigenvalue weighted by molar-refractivity contribution is 0.324. The molecule has 1 aliphatic rings. The van der Waals surface area contributed by atoms with E-state index >= 15 is 0 Å². The van der Waals surface area contributed by atoms with Crippen LogP contribution >= 0.6 is 11.8 Å². The predicted octanol–water partition coefficient (Wildman–Crippen LogP) is 2.74. The molecule has 0 bridgehead atoms. The predicted molar refractivity (Wildman–Crippen MR) is 99.2 cm³/mol. The topological polar surface area (TPSA) is 77.9 Å². The van der Waals surface area contributed by atoms with Crippen molar-refractivity contribution in [1.82, 2.24) is 9.97 Å². The highest BCUT2D eigenvalue weighted by Crippen LogP contribution is 2.37. The Labute approximate surface area is 150 Å². The normalized spacial score (nSPS) is 13.4. The van der Waals surface area contributed by atoms with Crippen LogP contribution in [0.25, 0.3) is 0 Å². The van der Waals surface area contributed by atoms with Gasteiger partial charge in [0.05, 0.1) is 33.2 Å². The van der Waals surface area contributed by atoms with Crippen molar-refractivity contribution in [2.24, 2.45) is 5.10 Å². The summed E-state index contributed by atoms with van der Waals surface area (Å²) >= 11 is 1.90. The van der Waals surface area contributed by atoms with Crippen LogP contribution in [0.1, 0.15) is 16.8 Å². The highest BCUT2D eigenvalue weighted by Gasteiger charge is 2.13. The summed E-state index contributed by atoms with van der Waals surface area (Å²) in [5.74, 6) is 4.26. The van der Waals surface area contributed by atoms with E-state index in [1.165, 1.54) is 5.56 Å². The number of nitrogens with zero attached hydrogens (tertiary/aromatic N) is 3. The second-order valence-corrected chi connectivity index (χ2v) is 6.40. The van der Waals surface area contributed by atoms with Gasteiger partial charge in [-0.1, -0.05) is 0 Å². The van der Waals surface area contributed by atoms with Crippen LogP contribution in [0.4, 0.5) is 5.95 Å². The summed E-state index contributed by atoms with van der Waals surface area (Å²) < 4.78 is 16.0. The van der Waals surface area contributed by atoms with E-state index in [0.717, 1.165) is 29.2 Å². The number of hydrogen-bond donors (Lipinski definition) is 1. The zero-order chi connectivity index (χ0) is 17.6. The van der Waals surface area contributed by atoms with Gasteiger partial charge in [0.15, 0.2) is 11.5 Å². The van der Waals surface area contributed by atoms with Gasteiger partial charge in [-0.15, -0.1) is 0 Å². The number of thioether (sulfide) groups is 1. The van der Waals surface area contributed by atoms with Gasteiger partial charge in [-0.05, 0) is 24.3 Å². The van der Waals surface area contributed by atoms with Gasteiger partial charge in [-0.3, -0.25) is 0 Å². The summed E-state index contributed by atoms with van der Waals surface area (Å²) in [5, 5.41) is 4.21. The van der Waals surface area contributed by atoms with Gasteiger partial charge < -0.3 is 14.2 Å². The minimum atomic E-state index is 0.495. The maximum absolute atomic E-state index is 5.33. The number of benzene rings is 1. The van der Waals surface area contributed by atoms with Crippen LogP contribution in [0.2, 0.25) is 0 Å². The van der Waals surface area contributed by atoms with Crippen LogP contribution in [0.3, 0.4) is 0 Å². The molecule has 8 heteroatoms. The Morgan fingerprint density at radius 3 is 2.60 bits per heavy atom. The standard InChI is InChI=1S/C17H20N4O3S/c1-22-14-6-11(7-15(23-2)16(14)24-3)8-19-21-17-18-9-12-10-25-5-4-13(12)20-17/h6-9H,4-5,10H2,1-3H3,(H,18,20,21). The Kier molecular flexibility index (Phi) is 5.60. The Morgan fingerprint density at radius 1 is 1.16 bits per heavy atom. The molecule has 1 aromatic carbocycles. The third kappa shape index (κ3) is 3.96. The summed E-state index contributed by atoms with van der Waals surface area (Å²) in [7, 11) is 4.73. The third-order valence-corrected chi connectivity index (χ3v) is 4.77. The molecule has 1 aromatic heterocycles. The molecule has 3 rings (SSSR count). The molecule has 0 saturated heterocycles. The smallest absolute Gasteiger partial charge is 0.243 e. The van der Waals surface area contributed by atoms with Crippen LogP contribution in [-0.4, -0.2) is 43.3 Å². The van der Waals surface area contributed by atoms with Crippen molar-refractivity contribution in [3.05, 3.63) is 35.2 Å². The lowest BCUT2D eigenvalue weighted by Gasteiger charge is -2.14. The fraction of sp³-hybridized carbons (Fsp3) is 0.353. The van der Waals surface area contributed by atoms with E-state index in [9.17, 15) is 0 Å². The van der Waals surface area contributed by atoms with Gasteiger partial charge in [-0.2, -0.15) is 16.9 Å². The number of hydrazone groups is 1. The molecular formula is C17H20N4O3S. The highest BCUT2D eigenvalue weighted by atomic mass is 32.2. The molecule has 0 amide bonds. The van der Waals surface area contributed by atoms with Crippen LogP contribution < -0.4 is 19.6 Å². The van der Waals surface area contributed by atoms with Crippen LogP contribution in [-0.2, 0) is 12.2 Å². The average molecular weight is 360 g/mol. The summed E-state index contributed by atoms with van der Waals surface area (Å²) in [4.78, 5) is 8.82. The molecule has 7 nitrogen and oxygen atoms in total. The van der Waals surface area contributed by atoms with Crippen molar-refractivity contribution in [2.45, 2.75) is 12.2 Å². The molecule has 25 heavy (non-hydrogen) atoms. The molecule has 0 aliphatic carbocycles. The molecule has 0 saturated carbocycles. The summed E-state index contributed by atoms with van der Waals surface area (Å²) in [6.07, 6.45) is 4.49. The highest BCUT2D eigenvalue weighted by molar-refractivity contribution is 7.98. The largest absolute Gasteiger partial charge is 0.493 e. The molecule has 1 N–H and O–H groups in total. The number of ether oxygens (including phenoxy) is 3. The van der Waals surface area contributed by atoms with E-state index in [0.29, 0.717) is 23.2 Å². The number of hydrogen-bond acceptors (Lipinski definition) is 8. The number of methoxy groups -OCH3 is 3. The Hall–Kier alpha value is -2.48. The molecule has 0 fully saturated rings. The monoisotopic (exact) mass is 360 g/mol. The minimum Gasteiger partial charge on any atom is -0.493 e. The molecule has 2 heterocycles. The molecule has 0 spiro atoms. The number of aryl methyl sites for hydroxylation is 1. The quantitative estimate of drug-likeness (QED) is 0.627. The molecule has 132 valence electrons. The lowest BCUT2D eigenvalue weighted by atomic mass is 10.2. The molecular weight excluding hydrogens is 340 g/mol. The van der Waals surface area contributed by atoms with Gasteiger partial charge >= 0.3 is 0 Å². The maximum atomic E-state index is 5.33. The number of aromatic nitrogens is 2. The second kappa shape index (κ2) is 8.06. The van der Waals surface area contributed by atoms with Crippen molar-refractivity contribution < 1.29 is 14.2 Å². The first-order chi connectivity index (χ1) is 12.2. The van der Waals surface area contributed by atoms with E-state index in [1.54, 1.807) is 27.5 Å². The summed E-state index contributed by atoms with van der Waals surface area (Å²) in [5.41, 5.74) is 5.98. The molecule has 0 radical (unpaired) electrons. The van der Waals surface area contributed by atoms with Crippen LogP contribution in [0.5, 0.6) is 17.2 Å². The summed E-state index contributed by atoms with van der Waals surface area (Å²) in [6, 6.07) is 3.63. The minimum absolute atomic E-state index is 0.495. The van der Waals surface area contributed by atoms with Gasteiger partial charge in [0.1, 0.15) is 0 Å². The number of anilines is 1. The van der Waals surface area contributed by atoms with Crippen molar-refractivity contribution >= 4 is 23.9 Å². The van der Waals surface area contributed by atoms with Crippen molar-refractivity contribution in [2.75, 3.05) is 32.5 Å². The Balaban J connectivity index is 1.76. The Bertz CT molecular complexity index is 757. The SMILES string of the molecule is COc1cc(C=NNc2ncc3c(n2)CCSC3)cc(OC)c1OC. The van der Waals surface area contributed by atoms with Crippen LogP contribution in [0, 0.1) is 0 Å². The third-order valence-electron chi connectivity index (χ3n) is 3.76. The summed E-state index contributed by atoms with van der Waals surface area (Å²) in [6.45, 7) is 0. The molecule has 1 aliphatic heterocycles. The second-order valence-electron chi connectivity index (χ2n) is 5.30. The van der Waals surface area contributed by atoms with Crippen molar-refractivity contribution in [3.63, 3.8) is 0 Å². The first-order valence-electron chi connectivity index (χ1n) is 7.76. The van der Waals surface area contributed by atoms with E-state index in [1.807, 2.05) is 30.1 Å². The maximum Gasteiger partial charge on any atom is 0.243 e. The van der Waals surface area contributed by atoms with Gasteiger partial charge in [0.2, 0.25) is 11.7 Å². The fourth-order valence-electron chi connectivity index (χ4n) is 2.52. The van der Waals surface area contributed by atoms with Crippen molar-refractivity contribution in [3.8, 4) is 17.2 Å². The molecule has 2 aromatic rings.